The Bertz CT molecular complexity index is 271. The Labute approximate surface area is 99.8 Å². The van der Waals surface area contributed by atoms with Crippen molar-refractivity contribution >= 4 is 0 Å². The number of hydrogen-bond donors (Lipinski definition) is 1. The molecule has 0 aliphatic heterocycles. The molecule has 2 unspecified atom stereocenters. The van der Waals surface area contributed by atoms with Crippen LogP contribution in [0.4, 0.5) is 0 Å². The fourth-order valence-corrected chi connectivity index (χ4v) is 1.16. The molecule has 0 radical (unpaired) electrons. The van der Waals surface area contributed by atoms with Crippen molar-refractivity contribution in [1.82, 2.24) is 0 Å². The molecule has 0 spiro atoms. The predicted molar refractivity (Wildman–Crippen MR) is 71.5 cm³/mol. The van der Waals surface area contributed by atoms with E-state index < -0.39 is 0 Å². The van der Waals surface area contributed by atoms with E-state index in [2.05, 4.69) is 19.1 Å². The zero-order valence-electron chi connectivity index (χ0n) is 10.9. The van der Waals surface area contributed by atoms with E-state index in [0.29, 0.717) is 5.92 Å². The van der Waals surface area contributed by atoms with Crippen molar-refractivity contribution < 1.29 is 5.11 Å². The summed E-state index contributed by atoms with van der Waals surface area (Å²) in [4.78, 5) is 0. The van der Waals surface area contributed by atoms with Gasteiger partial charge in [0.2, 0.25) is 0 Å². The predicted octanol–water partition coefficient (Wildman–Crippen LogP) is 3.83. The van der Waals surface area contributed by atoms with E-state index in [1.54, 1.807) is 0 Å². The SMILES string of the molecule is C/C=C\C.CC(O)C(C)Cc1ccccc1. The number of hydrogen-bond acceptors (Lipinski definition) is 1. The topological polar surface area (TPSA) is 20.2 Å². The van der Waals surface area contributed by atoms with E-state index in [-0.39, 0.29) is 6.10 Å². The Balaban J connectivity index is 0.000000487. The molecule has 0 saturated heterocycles. The molecule has 0 amide bonds. The fourth-order valence-electron chi connectivity index (χ4n) is 1.16. The van der Waals surface area contributed by atoms with Crippen molar-refractivity contribution in [2.75, 3.05) is 0 Å². The highest BCUT2D eigenvalue weighted by atomic mass is 16.3. The van der Waals surface area contributed by atoms with Gasteiger partial charge in [-0.2, -0.15) is 0 Å². The van der Waals surface area contributed by atoms with Crippen LogP contribution in [0.2, 0.25) is 0 Å². The Morgan fingerprint density at radius 3 is 1.94 bits per heavy atom. The number of rotatable bonds is 3. The summed E-state index contributed by atoms with van der Waals surface area (Å²) in [5.74, 6) is 0.340. The summed E-state index contributed by atoms with van der Waals surface area (Å²) in [6.07, 6.45) is 4.74. The van der Waals surface area contributed by atoms with Gasteiger partial charge in [-0.1, -0.05) is 49.4 Å². The molecule has 0 saturated carbocycles. The van der Waals surface area contributed by atoms with Gasteiger partial charge in [0.25, 0.3) is 0 Å². The average molecular weight is 220 g/mol. The normalized spacial score (nSPS) is 14.1. The first-order valence-corrected chi connectivity index (χ1v) is 5.91. The number of aliphatic hydroxyl groups is 1. The van der Waals surface area contributed by atoms with Gasteiger partial charge < -0.3 is 5.11 Å². The third kappa shape index (κ3) is 7.24. The highest BCUT2D eigenvalue weighted by molar-refractivity contribution is 5.15. The monoisotopic (exact) mass is 220 g/mol. The first kappa shape index (κ1) is 14.9. The van der Waals surface area contributed by atoms with Gasteiger partial charge in [0, 0.05) is 0 Å². The summed E-state index contributed by atoms with van der Waals surface area (Å²) in [5.41, 5.74) is 1.30. The van der Waals surface area contributed by atoms with Crippen molar-refractivity contribution in [1.29, 1.82) is 0 Å². The van der Waals surface area contributed by atoms with Crippen LogP contribution in [0.5, 0.6) is 0 Å². The van der Waals surface area contributed by atoms with Crippen LogP contribution < -0.4 is 0 Å². The standard InChI is InChI=1S/C11H16O.C4H8/c1-9(10(2)12)8-11-6-4-3-5-7-11;1-3-4-2/h3-7,9-10,12H,8H2,1-2H3;3-4H,1-2H3/b;4-3-. The molecular weight excluding hydrogens is 196 g/mol. The molecule has 90 valence electrons. The maximum atomic E-state index is 9.28. The third-order valence-corrected chi connectivity index (χ3v) is 2.56. The van der Waals surface area contributed by atoms with Crippen LogP contribution in [0, 0.1) is 5.92 Å². The van der Waals surface area contributed by atoms with Crippen LogP contribution in [-0.2, 0) is 6.42 Å². The largest absolute Gasteiger partial charge is 0.393 e. The second-order valence-corrected chi connectivity index (χ2v) is 4.07. The Morgan fingerprint density at radius 1 is 1.06 bits per heavy atom. The maximum Gasteiger partial charge on any atom is 0.0540 e. The highest BCUT2D eigenvalue weighted by Crippen LogP contribution is 2.11. The van der Waals surface area contributed by atoms with E-state index in [0.717, 1.165) is 6.42 Å². The summed E-state index contributed by atoms with van der Waals surface area (Å²) in [7, 11) is 0. The van der Waals surface area contributed by atoms with Crippen LogP contribution in [0.25, 0.3) is 0 Å². The highest BCUT2D eigenvalue weighted by Gasteiger charge is 2.08. The molecule has 0 fully saturated rings. The zero-order valence-corrected chi connectivity index (χ0v) is 10.9. The number of aliphatic hydroxyl groups excluding tert-OH is 1. The van der Waals surface area contributed by atoms with E-state index in [9.17, 15) is 5.11 Å². The van der Waals surface area contributed by atoms with Gasteiger partial charge >= 0.3 is 0 Å². The van der Waals surface area contributed by atoms with E-state index in [4.69, 9.17) is 0 Å². The van der Waals surface area contributed by atoms with Gasteiger partial charge in [0.15, 0.2) is 0 Å². The van der Waals surface area contributed by atoms with Gasteiger partial charge in [0.1, 0.15) is 0 Å². The van der Waals surface area contributed by atoms with Gasteiger partial charge in [0.05, 0.1) is 6.10 Å². The molecule has 16 heavy (non-hydrogen) atoms. The zero-order chi connectivity index (χ0) is 12.4. The molecule has 1 heteroatoms. The molecule has 0 bridgehead atoms. The number of benzene rings is 1. The second kappa shape index (κ2) is 9.17. The maximum absolute atomic E-state index is 9.28. The molecule has 1 aromatic carbocycles. The molecule has 0 aliphatic carbocycles. The van der Waals surface area contributed by atoms with Crippen LogP contribution in [0.1, 0.15) is 33.3 Å². The molecule has 1 aromatic rings. The molecule has 0 aliphatic rings. The lowest BCUT2D eigenvalue weighted by Gasteiger charge is -2.13. The van der Waals surface area contributed by atoms with Crippen molar-refractivity contribution in [2.45, 2.75) is 40.2 Å². The van der Waals surface area contributed by atoms with Gasteiger partial charge in [-0.3, -0.25) is 0 Å². The first-order valence-electron chi connectivity index (χ1n) is 5.91. The quantitative estimate of drug-likeness (QED) is 0.768. The van der Waals surface area contributed by atoms with E-state index in [1.807, 2.05) is 51.1 Å². The molecule has 1 N–H and O–H groups in total. The molecule has 2 atom stereocenters. The first-order chi connectivity index (χ1) is 7.61. The van der Waals surface area contributed by atoms with Crippen LogP contribution in [0.15, 0.2) is 42.5 Å². The smallest absolute Gasteiger partial charge is 0.0540 e. The average Bonchev–Trinajstić information content (AvgIpc) is 2.30. The van der Waals surface area contributed by atoms with Crippen molar-refractivity contribution in [2.24, 2.45) is 5.92 Å². The van der Waals surface area contributed by atoms with E-state index in [1.165, 1.54) is 5.56 Å². The Hall–Kier alpha value is -1.08. The van der Waals surface area contributed by atoms with Crippen LogP contribution in [0.3, 0.4) is 0 Å². The van der Waals surface area contributed by atoms with Crippen molar-refractivity contribution in [3.63, 3.8) is 0 Å². The Morgan fingerprint density at radius 2 is 1.56 bits per heavy atom. The van der Waals surface area contributed by atoms with Gasteiger partial charge in [-0.05, 0) is 38.7 Å². The summed E-state index contributed by atoms with van der Waals surface area (Å²) in [5, 5.41) is 9.28. The molecule has 1 nitrogen and oxygen atoms in total. The minimum Gasteiger partial charge on any atom is -0.393 e. The molecule has 1 rings (SSSR count). The minimum absolute atomic E-state index is 0.217. The van der Waals surface area contributed by atoms with Crippen molar-refractivity contribution in [3.8, 4) is 0 Å². The second-order valence-electron chi connectivity index (χ2n) is 4.07. The van der Waals surface area contributed by atoms with Crippen LogP contribution in [-0.4, -0.2) is 11.2 Å². The summed E-state index contributed by atoms with van der Waals surface area (Å²) >= 11 is 0. The van der Waals surface area contributed by atoms with Crippen molar-refractivity contribution in [3.05, 3.63) is 48.0 Å². The molecule has 0 heterocycles. The minimum atomic E-state index is -0.217. The lowest BCUT2D eigenvalue weighted by molar-refractivity contribution is 0.135. The lowest BCUT2D eigenvalue weighted by Crippen LogP contribution is -2.15. The van der Waals surface area contributed by atoms with E-state index >= 15 is 0 Å². The lowest BCUT2D eigenvalue weighted by atomic mass is 9.97. The third-order valence-electron chi connectivity index (χ3n) is 2.56. The number of allylic oxidation sites excluding steroid dienone is 2. The fraction of sp³-hybridized carbons (Fsp3) is 0.467. The molecular formula is C15H24O. The summed E-state index contributed by atoms with van der Waals surface area (Å²) in [6.45, 7) is 7.91. The van der Waals surface area contributed by atoms with Crippen LogP contribution >= 0.6 is 0 Å². The molecule has 0 aromatic heterocycles. The van der Waals surface area contributed by atoms with Gasteiger partial charge in [-0.25, -0.2) is 0 Å². The summed E-state index contributed by atoms with van der Waals surface area (Å²) < 4.78 is 0. The summed E-state index contributed by atoms with van der Waals surface area (Å²) in [6, 6.07) is 10.3. The Kier molecular flexibility index (Phi) is 8.55. The van der Waals surface area contributed by atoms with Gasteiger partial charge in [-0.15, -0.1) is 0 Å².